The van der Waals surface area contributed by atoms with Crippen molar-refractivity contribution in [2.75, 3.05) is 34.4 Å². The van der Waals surface area contributed by atoms with Crippen LogP contribution < -0.4 is 10.9 Å². The van der Waals surface area contributed by atoms with Crippen LogP contribution in [0.25, 0.3) is 0 Å². The van der Waals surface area contributed by atoms with Gasteiger partial charge in [0.2, 0.25) is 5.75 Å². The predicted octanol–water partition coefficient (Wildman–Crippen LogP) is 0.980. The van der Waals surface area contributed by atoms with E-state index in [1.165, 1.54) is 59.8 Å². The number of hydrogen-bond acceptors (Lipinski definition) is 7. The number of halogens is 1. The summed E-state index contributed by atoms with van der Waals surface area (Å²) in [5.74, 6) is -3.17. The molecule has 11 nitrogen and oxygen atoms in total. The van der Waals surface area contributed by atoms with Crippen molar-refractivity contribution >= 4 is 17.7 Å². The van der Waals surface area contributed by atoms with Crippen molar-refractivity contribution in [3.8, 4) is 5.75 Å². The molecule has 2 aromatic rings. The number of rotatable bonds is 7. The topological polar surface area (TPSA) is 134 Å². The number of amides is 3. The van der Waals surface area contributed by atoms with Crippen molar-refractivity contribution in [1.29, 1.82) is 0 Å². The Morgan fingerprint density at radius 2 is 1.84 bits per heavy atom. The highest BCUT2D eigenvalue weighted by atomic mass is 19.1. The second-order valence-corrected chi connectivity index (χ2v) is 9.92. The summed E-state index contributed by atoms with van der Waals surface area (Å²) >= 11 is 0. The zero-order valence-corrected chi connectivity index (χ0v) is 21.7. The number of hydrogen-bond donors (Lipinski definition) is 2. The largest absolute Gasteiger partial charge is 0.501 e. The van der Waals surface area contributed by atoms with Crippen LogP contribution in [0.5, 0.6) is 5.75 Å². The molecule has 0 spiro atoms. The van der Waals surface area contributed by atoms with E-state index in [9.17, 15) is 28.7 Å². The van der Waals surface area contributed by atoms with E-state index in [1.54, 1.807) is 0 Å². The van der Waals surface area contributed by atoms with Crippen molar-refractivity contribution in [3.05, 3.63) is 57.5 Å². The van der Waals surface area contributed by atoms with Gasteiger partial charge in [0, 0.05) is 40.8 Å². The van der Waals surface area contributed by atoms with E-state index >= 15 is 0 Å². The van der Waals surface area contributed by atoms with Crippen LogP contribution in [0.3, 0.4) is 0 Å². The average molecular weight is 530 g/mol. The molecule has 0 saturated heterocycles. The number of methoxy groups -OCH3 is 1. The van der Waals surface area contributed by atoms with E-state index in [1.807, 2.05) is 0 Å². The predicted molar refractivity (Wildman–Crippen MR) is 134 cm³/mol. The fourth-order valence-corrected chi connectivity index (χ4v) is 5.23. The quantitative estimate of drug-likeness (QED) is 0.511. The van der Waals surface area contributed by atoms with E-state index in [0.29, 0.717) is 31.2 Å². The van der Waals surface area contributed by atoms with Gasteiger partial charge < -0.3 is 25.0 Å². The SMILES string of the molecule is COCCN(C)C(=O)C(=O)N(C)C12CCC(CC1)Cn1c2nc(C(=O)NCc2ccc(F)cc2)c(O)c1=O. The zero-order valence-electron chi connectivity index (χ0n) is 21.7. The standard InChI is InChI=1S/C26H32FN5O6/c1-30(12-13-38-3)23(36)24(37)31(2)26-10-8-17(9-11-26)15-32-22(35)20(33)19(29-25(26)32)21(34)28-14-16-4-6-18(27)7-5-16/h4-7,17,33H,8-15H2,1-3H3,(H,28,34). The molecule has 1 aromatic heterocycles. The molecule has 3 heterocycles. The molecular weight excluding hydrogens is 497 g/mol. The van der Waals surface area contributed by atoms with Crippen LogP contribution in [0.2, 0.25) is 0 Å². The van der Waals surface area contributed by atoms with Crippen LogP contribution in [0, 0.1) is 11.7 Å². The first kappa shape index (κ1) is 27.2. The van der Waals surface area contributed by atoms with Crippen LogP contribution in [0.15, 0.2) is 29.1 Å². The fourth-order valence-electron chi connectivity index (χ4n) is 5.23. The monoisotopic (exact) mass is 529 g/mol. The number of carbonyl (C=O) groups excluding carboxylic acids is 3. The van der Waals surface area contributed by atoms with Gasteiger partial charge in [0.25, 0.3) is 11.5 Å². The minimum Gasteiger partial charge on any atom is -0.501 e. The number of ether oxygens (including phenoxy) is 1. The first-order valence-electron chi connectivity index (χ1n) is 12.5. The number of benzene rings is 1. The summed E-state index contributed by atoms with van der Waals surface area (Å²) in [6.07, 6.45) is 2.26. The van der Waals surface area contributed by atoms with Crippen LogP contribution >= 0.6 is 0 Å². The molecule has 3 aliphatic rings. The maximum atomic E-state index is 13.3. The number of carbonyl (C=O) groups is 3. The smallest absolute Gasteiger partial charge is 0.312 e. The molecule has 204 valence electrons. The third-order valence-corrected chi connectivity index (χ3v) is 7.62. The second kappa shape index (κ2) is 10.9. The molecule has 5 rings (SSSR count). The summed E-state index contributed by atoms with van der Waals surface area (Å²) in [6.45, 7) is 0.802. The maximum absolute atomic E-state index is 13.3. The van der Waals surface area contributed by atoms with Crippen molar-refractivity contribution in [2.45, 2.75) is 44.3 Å². The zero-order chi connectivity index (χ0) is 27.6. The van der Waals surface area contributed by atoms with Gasteiger partial charge in [0.1, 0.15) is 17.2 Å². The number of nitrogens with zero attached hydrogens (tertiary/aromatic N) is 4. The maximum Gasteiger partial charge on any atom is 0.312 e. The lowest BCUT2D eigenvalue weighted by molar-refractivity contribution is -0.155. The van der Waals surface area contributed by atoms with E-state index in [4.69, 9.17) is 4.74 Å². The highest BCUT2D eigenvalue weighted by Gasteiger charge is 2.50. The Balaban J connectivity index is 1.69. The minimum atomic E-state index is -1.11. The Kier molecular flexibility index (Phi) is 7.81. The van der Waals surface area contributed by atoms with Gasteiger partial charge in [-0.05, 0) is 49.3 Å². The molecule has 12 heteroatoms. The molecule has 2 bridgehead atoms. The van der Waals surface area contributed by atoms with Crippen LogP contribution in [0.1, 0.15) is 47.6 Å². The van der Waals surface area contributed by atoms with Gasteiger partial charge in [-0.15, -0.1) is 0 Å². The van der Waals surface area contributed by atoms with Gasteiger partial charge in [0.15, 0.2) is 5.69 Å². The Hall–Kier alpha value is -3.80. The lowest BCUT2D eigenvalue weighted by Crippen LogP contribution is -2.54. The molecule has 0 radical (unpaired) electrons. The lowest BCUT2D eigenvalue weighted by Gasteiger charge is -2.43. The Labute approximate surface area is 219 Å². The number of aromatic nitrogens is 2. The first-order chi connectivity index (χ1) is 18.1. The van der Waals surface area contributed by atoms with Crippen molar-refractivity contribution in [3.63, 3.8) is 0 Å². The van der Waals surface area contributed by atoms with E-state index < -0.39 is 46.1 Å². The summed E-state index contributed by atoms with van der Waals surface area (Å²) in [5, 5.41) is 13.3. The molecule has 2 N–H and O–H groups in total. The molecule has 3 amide bonds. The van der Waals surface area contributed by atoms with Gasteiger partial charge in [-0.3, -0.25) is 23.7 Å². The number of likely N-dealkylation sites (N-methyl/N-ethyl adjacent to an activating group) is 2. The Morgan fingerprint density at radius 3 is 2.47 bits per heavy atom. The van der Waals surface area contributed by atoms with Gasteiger partial charge >= 0.3 is 11.8 Å². The molecule has 1 aromatic carbocycles. The summed E-state index contributed by atoms with van der Waals surface area (Å²) in [5.41, 5.74) is -1.73. The van der Waals surface area contributed by atoms with Gasteiger partial charge in [0.05, 0.1) is 6.61 Å². The molecule has 1 aliphatic carbocycles. The van der Waals surface area contributed by atoms with E-state index in [2.05, 4.69) is 10.3 Å². The van der Waals surface area contributed by atoms with Crippen molar-refractivity contribution in [2.24, 2.45) is 5.92 Å². The fraction of sp³-hybridized carbons (Fsp3) is 0.500. The molecule has 0 unspecified atom stereocenters. The lowest BCUT2D eigenvalue weighted by atomic mass is 9.76. The summed E-state index contributed by atoms with van der Waals surface area (Å²) in [6, 6.07) is 5.52. The molecule has 1 fully saturated rings. The molecule has 38 heavy (non-hydrogen) atoms. The Morgan fingerprint density at radius 1 is 1.18 bits per heavy atom. The number of fused-ring (bicyclic) bond motifs is 2. The average Bonchev–Trinajstić information content (AvgIpc) is 3.19. The van der Waals surface area contributed by atoms with Gasteiger partial charge in [-0.2, -0.15) is 0 Å². The first-order valence-corrected chi connectivity index (χ1v) is 12.5. The highest BCUT2D eigenvalue weighted by molar-refractivity contribution is 6.34. The van der Waals surface area contributed by atoms with Crippen molar-refractivity contribution < 1.29 is 28.6 Å². The molecule has 0 atom stereocenters. The third kappa shape index (κ3) is 5.00. The normalized spacial score (nSPS) is 19.8. The second-order valence-electron chi connectivity index (χ2n) is 9.92. The summed E-state index contributed by atoms with van der Waals surface area (Å²) < 4.78 is 19.5. The number of aromatic hydroxyl groups is 1. The molecule has 1 saturated carbocycles. The summed E-state index contributed by atoms with van der Waals surface area (Å²) in [4.78, 5) is 59.6. The third-order valence-electron chi connectivity index (χ3n) is 7.62. The highest BCUT2D eigenvalue weighted by Crippen LogP contribution is 2.46. The van der Waals surface area contributed by atoms with Crippen LogP contribution in [-0.4, -0.2) is 76.5 Å². The summed E-state index contributed by atoms with van der Waals surface area (Å²) in [7, 11) is 4.51. The Bertz CT molecular complexity index is 1290. The van der Waals surface area contributed by atoms with Crippen molar-refractivity contribution in [1.82, 2.24) is 24.7 Å². The van der Waals surface area contributed by atoms with Gasteiger partial charge in [-0.1, -0.05) is 12.1 Å². The van der Waals surface area contributed by atoms with Crippen LogP contribution in [-0.2, 0) is 33.0 Å². The minimum absolute atomic E-state index is 0.0204. The number of nitrogens with one attached hydrogen (secondary N) is 1. The van der Waals surface area contributed by atoms with E-state index in [-0.39, 0.29) is 38.0 Å². The van der Waals surface area contributed by atoms with Gasteiger partial charge in [-0.25, -0.2) is 9.37 Å². The van der Waals surface area contributed by atoms with E-state index in [0.717, 1.165) is 0 Å². The molecule has 2 aliphatic heterocycles. The van der Waals surface area contributed by atoms with Crippen LogP contribution in [0.4, 0.5) is 4.39 Å². The molecular formula is C26H32FN5O6.